The fourth-order valence-corrected chi connectivity index (χ4v) is 4.40. The van der Waals surface area contributed by atoms with Gasteiger partial charge in [-0.1, -0.05) is 12.8 Å². The van der Waals surface area contributed by atoms with Crippen molar-refractivity contribution in [1.82, 2.24) is 4.90 Å². The average Bonchev–Trinajstić information content (AvgIpc) is 2.46. The molecule has 0 aromatic carbocycles. The molecule has 1 aliphatic heterocycles. The molecule has 4 nitrogen and oxygen atoms in total. The summed E-state index contributed by atoms with van der Waals surface area (Å²) in [7, 11) is 0. The fraction of sp³-hybridized carbons (Fsp3) is 0.938. The van der Waals surface area contributed by atoms with Crippen LogP contribution in [0.4, 0.5) is 0 Å². The molecule has 2 saturated carbocycles. The molecule has 3 aliphatic rings. The van der Waals surface area contributed by atoms with Gasteiger partial charge in [0.2, 0.25) is 5.91 Å². The Labute approximate surface area is 121 Å². The number of nitrogens with zero attached hydrogens (tertiary/aromatic N) is 1. The number of hydrogen-bond acceptors (Lipinski definition) is 3. The Balaban J connectivity index is 1.60. The summed E-state index contributed by atoms with van der Waals surface area (Å²) in [5, 5.41) is 10.7. The molecule has 20 heavy (non-hydrogen) atoms. The Kier molecular flexibility index (Phi) is 4.04. The zero-order valence-electron chi connectivity index (χ0n) is 12.4. The van der Waals surface area contributed by atoms with Crippen LogP contribution >= 0.6 is 0 Å². The highest BCUT2D eigenvalue weighted by molar-refractivity contribution is 5.79. The lowest BCUT2D eigenvalue weighted by Gasteiger charge is -2.48. The van der Waals surface area contributed by atoms with E-state index in [9.17, 15) is 9.90 Å². The molecular weight excluding hydrogens is 252 g/mol. The molecule has 2 unspecified atom stereocenters. The molecule has 114 valence electrons. The average molecular weight is 280 g/mol. The molecule has 4 heteroatoms. The van der Waals surface area contributed by atoms with Crippen LogP contribution in [0.5, 0.6) is 0 Å². The third-order valence-corrected chi connectivity index (χ3v) is 5.86. The predicted molar refractivity (Wildman–Crippen MR) is 78.0 cm³/mol. The number of hydrogen-bond donors (Lipinski definition) is 2. The highest BCUT2D eigenvalue weighted by Crippen LogP contribution is 2.40. The first-order valence-electron chi connectivity index (χ1n) is 8.35. The van der Waals surface area contributed by atoms with Crippen LogP contribution in [0.3, 0.4) is 0 Å². The van der Waals surface area contributed by atoms with Crippen molar-refractivity contribution >= 4 is 5.91 Å². The second kappa shape index (κ2) is 5.64. The Bertz CT molecular complexity index is 365. The lowest BCUT2D eigenvalue weighted by molar-refractivity contribution is -0.148. The van der Waals surface area contributed by atoms with Crippen LogP contribution in [0.1, 0.15) is 57.8 Å². The molecule has 1 saturated heterocycles. The molecule has 1 heterocycles. The Morgan fingerprint density at radius 3 is 2.60 bits per heavy atom. The van der Waals surface area contributed by atoms with Gasteiger partial charge >= 0.3 is 0 Å². The third-order valence-electron chi connectivity index (χ3n) is 5.86. The van der Waals surface area contributed by atoms with E-state index in [-0.39, 0.29) is 5.92 Å². The van der Waals surface area contributed by atoms with Crippen molar-refractivity contribution in [2.75, 3.05) is 13.1 Å². The first-order valence-corrected chi connectivity index (χ1v) is 8.35. The Morgan fingerprint density at radius 1 is 1.10 bits per heavy atom. The second-order valence-corrected chi connectivity index (χ2v) is 7.19. The summed E-state index contributed by atoms with van der Waals surface area (Å²) < 4.78 is 0. The van der Waals surface area contributed by atoms with Gasteiger partial charge in [0.1, 0.15) is 0 Å². The molecule has 1 amide bonds. The van der Waals surface area contributed by atoms with Crippen LogP contribution in [0.2, 0.25) is 0 Å². The van der Waals surface area contributed by atoms with E-state index in [2.05, 4.69) is 0 Å². The van der Waals surface area contributed by atoms with Crippen molar-refractivity contribution in [3.8, 4) is 0 Å². The lowest BCUT2D eigenvalue weighted by Crippen LogP contribution is -2.55. The number of carbonyl (C=O) groups is 1. The molecule has 0 aromatic rings. The van der Waals surface area contributed by atoms with Crippen molar-refractivity contribution < 1.29 is 9.90 Å². The molecule has 0 bridgehead atoms. The molecule has 3 rings (SSSR count). The van der Waals surface area contributed by atoms with E-state index in [0.717, 1.165) is 64.5 Å². The molecular formula is C16H28N2O2. The third kappa shape index (κ3) is 2.73. The maximum absolute atomic E-state index is 12.6. The van der Waals surface area contributed by atoms with Crippen LogP contribution in [0.25, 0.3) is 0 Å². The van der Waals surface area contributed by atoms with Gasteiger partial charge in [0.15, 0.2) is 0 Å². The van der Waals surface area contributed by atoms with Gasteiger partial charge in [-0.2, -0.15) is 0 Å². The van der Waals surface area contributed by atoms with Gasteiger partial charge in [-0.05, 0) is 44.9 Å². The van der Waals surface area contributed by atoms with E-state index in [1.165, 1.54) is 6.42 Å². The van der Waals surface area contributed by atoms with Crippen LogP contribution in [0.15, 0.2) is 0 Å². The van der Waals surface area contributed by atoms with Crippen LogP contribution < -0.4 is 5.73 Å². The molecule has 2 aliphatic carbocycles. The van der Waals surface area contributed by atoms with Gasteiger partial charge in [0, 0.05) is 31.0 Å². The van der Waals surface area contributed by atoms with Crippen molar-refractivity contribution in [3.05, 3.63) is 0 Å². The topological polar surface area (TPSA) is 66.6 Å². The van der Waals surface area contributed by atoms with E-state index in [1.807, 2.05) is 4.90 Å². The van der Waals surface area contributed by atoms with Crippen LogP contribution in [-0.4, -0.2) is 40.6 Å². The Morgan fingerprint density at radius 2 is 1.85 bits per heavy atom. The summed E-state index contributed by atoms with van der Waals surface area (Å²) in [5.41, 5.74) is 5.44. The van der Waals surface area contributed by atoms with Gasteiger partial charge in [-0.25, -0.2) is 0 Å². The minimum Gasteiger partial charge on any atom is -0.389 e. The van der Waals surface area contributed by atoms with Crippen LogP contribution in [0, 0.1) is 11.8 Å². The highest BCUT2D eigenvalue weighted by Gasteiger charge is 2.44. The number of likely N-dealkylation sites (tertiary alicyclic amines) is 1. The van der Waals surface area contributed by atoms with Gasteiger partial charge in [-0.3, -0.25) is 4.79 Å². The number of carbonyl (C=O) groups excluding carboxylic acids is 1. The van der Waals surface area contributed by atoms with Crippen molar-refractivity contribution in [3.63, 3.8) is 0 Å². The number of piperidine rings is 1. The minimum absolute atomic E-state index is 0.185. The van der Waals surface area contributed by atoms with E-state index < -0.39 is 5.60 Å². The summed E-state index contributed by atoms with van der Waals surface area (Å²) >= 11 is 0. The summed E-state index contributed by atoms with van der Waals surface area (Å²) in [6, 6.07) is 0.295. The first kappa shape index (κ1) is 14.3. The number of amides is 1. The van der Waals surface area contributed by atoms with Crippen molar-refractivity contribution in [2.45, 2.75) is 69.4 Å². The fourth-order valence-electron chi connectivity index (χ4n) is 4.40. The lowest BCUT2D eigenvalue weighted by atomic mass is 9.71. The highest BCUT2D eigenvalue weighted by atomic mass is 16.3. The minimum atomic E-state index is -0.482. The van der Waals surface area contributed by atoms with Gasteiger partial charge in [0.25, 0.3) is 0 Å². The molecule has 0 aromatic heterocycles. The Hall–Kier alpha value is -0.610. The van der Waals surface area contributed by atoms with Crippen LogP contribution in [-0.2, 0) is 4.79 Å². The first-order chi connectivity index (χ1) is 9.58. The molecule has 0 spiro atoms. The van der Waals surface area contributed by atoms with E-state index in [4.69, 9.17) is 5.73 Å². The van der Waals surface area contributed by atoms with E-state index in [0.29, 0.717) is 17.9 Å². The number of rotatable bonds is 1. The maximum Gasteiger partial charge on any atom is 0.225 e. The zero-order chi connectivity index (χ0) is 14.2. The van der Waals surface area contributed by atoms with Gasteiger partial charge in [-0.15, -0.1) is 0 Å². The van der Waals surface area contributed by atoms with Crippen molar-refractivity contribution in [1.29, 1.82) is 0 Å². The smallest absolute Gasteiger partial charge is 0.225 e. The van der Waals surface area contributed by atoms with E-state index >= 15 is 0 Å². The monoisotopic (exact) mass is 280 g/mol. The zero-order valence-corrected chi connectivity index (χ0v) is 12.4. The summed E-state index contributed by atoms with van der Waals surface area (Å²) in [6.45, 7) is 1.52. The second-order valence-electron chi connectivity index (χ2n) is 7.19. The molecule has 3 N–H and O–H groups in total. The number of aliphatic hydroxyl groups is 1. The summed E-state index contributed by atoms with van der Waals surface area (Å²) in [5.74, 6) is 0.814. The quantitative estimate of drug-likeness (QED) is 0.767. The van der Waals surface area contributed by atoms with E-state index in [1.54, 1.807) is 0 Å². The largest absolute Gasteiger partial charge is 0.389 e. The molecule has 3 fully saturated rings. The summed E-state index contributed by atoms with van der Waals surface area (Å²) in [6.07, 6.45) is 8.99. The summed E-state index contributed by atoms with van der Waals surface area (Å²) in [4.78, 5) is 14.7. The normalized spacial score (nSPS) is 42.1. The maximum atomic E-state index is 12.6. The molecule has 2 atom stereocenters. The molecule has 0 radical (unpaired) electrons. The predicted octanol–water partition coefficient (Wildman–Crippen LogP) is 1.66. The number of fused-ring (bicyclic) bond motifs is 1. The van der Waals surface area contributed by atoms with Gasteiger partial charge in [0.05, 0.1) is 5.60 Å². The SMILES string of the molecule is NC1CCC(C(=O)N2CCC3(O)CCCCC3C2)CC1. The van der Waals surface area contributed by atoms with Crippen molar-refractivity contribution in [2.24, 2.45) is 17.6 Å². The standard InChI is InChI=1S/C16H28N2O2/c17-14-6-4-12(5-7-14)15(19)18-10-9-16(20)8-2-1-3-13(16)11-18/h12-14,20H,1-11,17H2. The van der Waals surface area contributed by atoms with Gasteiger partial charge < -0.3 is 15.7 Å². The number of nitrogens with two attached hydrogens (primary N) is 1.